The molecule has 10 heteroatoms. The maximum absolute atomic E-state index is 14.6. The van der Waals surface area contributed by atoms with Gasteiger partial charge in [-0.2, -0.15) is 0 Å². The molecule has 1 amide bonds. The molecule has 0 bridgehead atoms. The van der Waals surface area contributed by atoms with Gasteiger partial charge in [-0.25, -0.2) is 13.2 Å². The van der Waals surface area contributed by atoms with Crippen molar-refractivity contribution in [2.75, 3.05) is 19.6 Å². The fourth-order valence-electron chi connectivity index (χ4n) is 4.41. The van der Waals surface area contributed by atoms with E-state index in [1.165, 1.54) is 23.1 Å². The Balaban J connectivity index is 1.45. The molecular weight excluding hydrogens is 552 g/mol. The standard InChI is InChI=1S/C23H24F3IN2O4/c24-17-4-3-15(16(21(17)26)5-12-1-2-13(27)6-18(12)25)22(32)29-10-23(33,11-29)9-28-14-7-19(30)20(31)8-14/h1-4,6,14,19-20,28,30-31,33H,5,7-11H2/t14?,19-,20+. The van der Waals surface area contributed by atoms with E-state index in [0.29, 0.717) is 16.4 Å². The maximum Gasteiger partial charge on any atom is 0.254 e. The van der Waals surface area contributed by atoms with E-state index in [1.54, 1.807) is 6.07 Å². The van der Waals surface area contributed by atoms with E-state index < -0.39 is 41.2 Å². The highest BCUT2D eigenvalue weighted by molar-refractivity contribution is 14.1. The zero-order valence-corrected chi connectivity index (χ0v) is 19.7. The SMILES string of the molecule is O=C(c1ccc(F)c(F)c1Cc1ccc(I)cc1F)N1CC(O)(CNC2C[C@@H](O)[C@@H](O)C2)C1. The molecule has 0 aromatic heterocycles. The van der Waals surface area contributed by atoms with Crippen LogP contribution in [0, 0.1) is 21.0 Å². The fraction of sp³-hybridized carbons (Fsp3) is 0.435. The zero-order chi connectivity index (χ0) is 23.9. The van der Waals surface area contributed by atoms with Gasteiger partial charge in [0, 0.05) is 33.7 Å². The van der Waals surface area contributed by atoms with Crippen molar-refractivity contribution in [1.82, 2.24) is 10.2 Å². The number of aliphatic hydroxyl groups excluding tert-OH is 2. The third-order valence-corrected chi connectivity index (χ3v) is 6.95. The first kappa shape index (κ1) is 24.4. The molecule has 1 aliphatic carbocycles. The molecule has 1 saturated heterocycles. The second-order valence-electron chi connectivity index (χ2n) is 8.87. The average Bonchev–Trinajstić information content (AvgIpc) is 3.06. The maximum atomic E-state index is 14.6. The van der Waals surface area contributed by atoms with Crippen LogP contribution < -0.4 is 5.32 Å². The lowest BCUT2D eigenvalue weighted by Gasteiger charge is -2.47. The van der Waals surface area contributed by atoms with Crippen molar-refractivity contribution in [2.24, 2.45) is 0 Å². The summed E-state index contributed by atoms with van der Waals surface area (Å²) in [6.07, 6.45) is -1.16. The first-order chi connectivity index (χ1) is 15.6. The van der Waals surface area contributed by atoms with Gasteiger partial charge in [0.15, 0.2) is 11.6 Å². The molecule has 0 radical (unpaired) electrons. The molecule has 33 heavy (non-hydrogen) atoms. The number of β-amino-alcohol motifs (C(OH)–C–C–N with tert-alkyl or cyclic N) is 1. The van der Waals surface area contributed by atoms with E-state index in [2.05, 4.69) is 5.32 Å². The van der Waals surface area contributed by atoms with E-state index in [0.717, 1.165) is 6.07 Å². The first-order valence-corrected chi connectivity index (χ1v) is 11.7. The van der Waals surface area contributed by atoms with Crippen LogP contribution in [0.2, 0.25) is 0 Å². The molecule has 2 aromatic rings. The van der Waals surface area contributed by atoms with Crippen LogP contribution in [0.4, 0.5) is 13.2 Å². The lowest BCUT2D eigenvalue weighted by atomic mass is 9.91. The summed E-state index contributed by atoms with van der Waals surface area (Å²) in [7, 11) is 0. The largest absolute Gasteiger partial charge is 0.390 e. The molecule has 178 valence electrons. The highest BCUT2D eigenvalue weighted by Crippen LogP contribution is 2.28. The monoisotopic (exact) mass is 576 g/mol. The number of hydrogen-bond acceptors (Lipinski definition) is 5. The Morgan fingerprint density at radius 2 is 1.76 bits per heavy atom. The van der Waals surface area contributed by atoms with Crippen LogP contribution in [0.3, 0.4) is 0 Å². The van der Waals surface area contributed by atoms with Crippen LogP contribution in [0.15, 0.2) is 30.3 Å². The molecule has 1 unspecified atom stereocenters. The van der Waals surface area contributed by atoms with Crippen molar-refractivity contribution >= 4 is 28.5 Å². The van der Waals surface area contributed by atoms with Crippen molar-refractivity contribution in [3.63, 3.8) is 0 Å². The molecule has 4 rings (SSSR count). The number of benzene rings is 2. The van der Waals surface area contributed by atoms with Crippen LogP contribution in [0.1, 0.15) is 34.3 Å². The van der Waals surface area contributed by atoms with Crippen LogP contribution in [0.25, 0.3) is 0 Å². The first-order valence-electron chi connectivity index (χ1n) is 10.6. The molecule has 6 nitrogen and oxygen atoms in total. The van der Waals surface area contributed by atoms with Gasteiger partial charge in [0.2, 0.25) is 0 Å². The van der Waals surface area contributed by atoms with E-state index in [4.69, 9.17) is 0 Å². The van der Waals surface area contributed by atoms with Crippen LogP contribution >= 0.6 is 22.6 Å². The number of rotatable bonds is 6. The summed E-state index contributed by atoms with van der Waals surface area (Å²) in [5.41, 5.74) is -1.39. The Kier molecular flexibility index (Phi) is 7.02. The molecule has 1 heterocycles. The number of likely N-dealkylation sites (tertiary alicyclic amines) is 1. The van der Waals surface area contributed by atoms with E-state index in [-0.39, 0.29) is 48.8 Å². The highest BCUT2D eigenvalue weighted by atomic mass is 127. The Bertz CT molecular complexity index is 1050. The molecule has 4 N–H and O–H groups in total. The van der Waals surface area contributed by atoms with Gasteiger partial charge in [-0.05, 0) is 65.3 Å². The predicted octanol–water partition coefficient (Wildman–Crippen LogP) is 1.96. The number of nitrogens with zero attached hydrogens (tertiary/aromatic N) is 1. The van der Waals surface area contributed by atoms with Gasteiger partial charge in [0.25, 0.3) is 5.91 Å². The summed E-state index contributed by atoms with van der Waals surface area (Å²) in [6.45, 7) is 0.110. The predicted molar refractivity (Wildman–Crippen MR) is 122 cm³/mol. The smallest absolute Gasteiger partial charge is 0.254 e. The number of hydrogen-bond donors (Lipinski definition) is 4. The quantitative estimate of drug-likeness (QED) is 0.395. The van der Waals surface area contributed by atoms with Crippen molar-refractivity contribution < 1.29 is 33.3 Å². The Morgan fingerprint density at radius 3 is 2.39 bits per heavy atom. The lowest BCUT2D eigenvalue weighted by Crippen LogP contribution is -2.67. The van der Waals surface area contributed by atoms with Crippen molar-refractivity contribution in [2.45, 2.75) is 43.1 Å². The molecule has 1 saturated carbocycles. The van der Waals surface area contributed by atoms with Crippen LogP contribution in [0.5, 0.6) is 0 Å². The van der Waals surface area contributed by atoms with Crippen LogP contribution in [-0.4, -0.2) is 69.6 Å². The third kappa shape index (κ3) is 5.19. The topological polar surface area (TPSA) is 93.0 Å². The minimum Gasteiger partial charge on any atom is -0.390 e. The molecule has 2 aromatic carbocycles. The second kappa shape index (κ2) is 9.49. The summed E-state index contributed by atoms with van der Waals surface area (Å²) >= 11 is 1.94. The van der Waals surface area contributed by atoms with Gasteiger partial charge in [-0.3, -0.25) is 4.79 Å². The van der Waals surface area contributed by atoms with Crippen molar-refractivity contribution in [3.8, 4) is 0 Å². The van der Waals surface area contributed by atoms with E-state index >= 15 is 0 Å². The number of carbonyl (C=O) groups is 1. The zero-order valence-electron chi connectivity index (χ0n) is 17.6. The van der Waals surface area contributed by atoms with E-state index in [9.17, 15) is 33.3 Å². The Morgan fingerprint density at radius 1 is 1.09 bits per heavy atom. The summed E-state index contributed by atoms with van der Waals surface area (Å²) in [4.78, 5) is 14.3. The Hall–Kier alpha value is -1.73. The molecule has 3 atom stereocenters. The van der Waals surface area contributed by atoms with Gasteiger partial charge in [0.1, 0.15) is 11.4 Å². The molecular formula is C23H24F3IN2O4. The van der Waals surface area contributed by atoms with Crippen molar-refractivity contribution in [3.05, 3.63) is 68.0 Å². The summed E-state index contributed by atoms with van der Waals surface area (Å²) in [5.74, 6) is -3.48. The third-order valence-electron chi connectivity index (χ3n) is 6.28. The molecule has 0 spiro atoms. The lowest BCUT2D eigenvalue weighted by molar-refractivity contribution is -0.0799. The highest BCUT2D eigenvalue weighted by Gasteiger charge is 2.45. The Labute approximate surface area is 202 Å². The number of carbonyl (C=O) groups excluding carboxylic acids is 1. The number of aliphatic hydroxyl groups is 3. The van der Waals surface area contributed by atoms with Gasteiger partial charge in [0.05, 0.1) is 25.3 Å². The number of amides is 1. The number of nitrogens with one attached hydrogen (secondary N) is 1. The van der Waals surface area contributed by atoms with Crippen molar-refractivity contribution in [1.29, 1.82) is 0 Å². The molecule has 2 fully saturated rings. The minimum atomic E-state index is -1.21. The molecule has 1 aliphatic heterocycles. The summed E-state index contributed by atoms with van der Waals surface area (Å²) < 4.78 is 43.5. The van der Waals surface area contributed by atoms with Gasteiger partial charge >= 0.3 is 0 Å². The molecule has 2 aliphatic rings. The van der Waals surface area contributed by atoms with E-state index in [1.807, 2.05) is 22.6 Å². The van der Waals surface area contributed by atoms with Crippen LogP contribution in [-0.2, 0) is 6.42 Å². The van der Waals surface area contributed by atoms with Gasteiger partial charge in [-0.1, -0.05) is 6.07 Å². The normalized spacial score (nSPS) is 24.1. The second-order valence-corrected chi connectivity index (χ2v) is 10.1. The minimum absolute atomic E-state index is 0.0208. The summed E-state index contributed by atoms with van der Waals surface area (Å²) in [6, 6.07) is 6.28. The van der Waals surface area contributed by atoms with Gasteiger partial charge in [-0.15, -0.1) is 0 Å². The summed E-state index contributed by atoms with van der Waals surface area (Å²) in [5, 5.41) is 33.0. The average molecular weight is 576 g/mol. The fourth-order valence-corrected chi connectivity index (χ4v) is 4.86. The van der Waals surface area contributed by atoms with Gasteiger partial charge < -0.3 is 25.5 Å². The number of halogens is 4.